The maximum Gasteiger partial charge on any atom is 0.119 e. The smallest absolute Gasteiger partial charge is 0.119 e. The molecule has 0 bridgehead atoms. The Balaban J connectivity index is 1.55. The minimum atomic E-state index is 0.215. The van der Waals surface area contributed by atoms with E-state index in [2.05, 4.69) is 81.5 Å². The summed E-state index contributed by atoms with van der Waals surface area (Å²) < 4.78 is 11.6. The first-order valence-corrected chi connectivity index (χ1v) is 12.2. The lowest BCUT2D eigenvalue weighted by molar-refractivity contribution is 0.242. The van der Waals surface area contributed by atoms with Crippen LogP contribution in [0.5, 0.6) is 11.5 Å². The van der Waals surface area contributed by atoms with Gasteiger partial charge in [0.15, 0.2) is 0 Å². The first kappa shape index (κ1) is 23.7. The second kappa shape index (κ2) is 12.1. The number of nitrogens with one attached hydrogen (secondary N) is 1. The first-order valence-electron chi connectivity index (χ1n) is 12.2. The first-order chi connectivity index (χ1) is 15.0. The molecule has 0 spiro atoms. The molecule has 0 heterocycles. The van der Waals surface area contributed by atoms with Crippen LogP contribution in [0.15, 0.2) is 48.5 Å². The third-order valence-electron chi connectivity index (χ3n) is 6.16. The Morgan fingerprint density at radius 1 is 0.774 bits per heavy atom. The summed E-state index contributed by atoms with van der Waals surface area (Å²) in [5, 5.41) is 3.67. The minimum absolute atomic E-state index is 0.215. The van der Waals surface area contributed by atoms with Crippen LogP contribution in [0.2, 0.25) is 0 Å². The normalized spacial score (nSPS) is 15.9. The molecule has 3 rings (SSSR count). The molecule has 0 saturated heterocycles. The summed E-state index contributed by atoms with van der Waals surface area (Å²) in [6, 6.07) is 17.4. The van der Waals surface area contributed by atoms with E-state index in [-0.39, 0.29) is 12.2 Å². The van der Waals surface area contributed by atoms with Gasteiger partial charge in [-0.25, -0.2) is 0 Å². The highest BCUT2D eigenvalue weighted by molar-refractivity contribution is 5.30. The molecule has 170 valence electrons. The lowest BCUT2D eigenvalue weighted by Gasteiger charge is -2.31. The van der Waals surface area contributed by atoms with Crippen molar-refractivity contribution in [1.29, 1.82) is 0 Å². The molecule has 1 atom stereocenters. The van der Waals surface area contributed by atoms with Crippen LogP contribution in [0.25, 0.3) is 0 Å². The quantitative estimate of drug-likeness (QED) is 0.391. The zero-order chi connectivity index (χ0) is 22.1. The van der Waals surface area contributed by atoms with Crippen molar-refractivity contribution in [2.24, 2.45) is 5.92 Å². The molecule has 0 aromatic heterocycles. The fourth-order valence-electron chi connectivity index (χ4n) is 4.73. The predicted octanol–water partition coefficient (Wildman–Crippen LogP) is 7.10. The average Bonchev–Trinajstić information content (AvgIpc) is 2.75. The number of rotatable bonds is 11. The van der Waals surface area contributed by atoms with Crippen LogP contribution >= 0.6 is 0 Å². The molecular formula is C28H41NO2. The summed E-state index contributed by atoms with van der Waals surface area (Å²) in [6.45, 7) is 10.2. The molecule has 1 fully saturated rings. The van der Waals surface area contributed by atoms with Gasteiger partial charge in [0.2, 0.25) is 0 Å². The van der Waals surface area contributed by atoms with E-state index in [1.165, 1.54) is 49.7 Å². The molecule has 1 unspecified atom stereocenters. The summed E-state index contributed by atoms with van der Waals surface area (Å²) in [5.41, 5.74) is 2.78. The van der Waals surface area contributed by atoms with Crippen LogP contribution in [0.3, 0.4) is 0 Å². The Hall–Kier alpha value is -2.00. The summed E-state index contributed by atoms with van der Waals surface area (Å²) in [5.74, 6) is 3.35. The van der Waals surface area contributed by atoms with Gasteiger partial charge in [-0.1, -0.05) is 43.5 Å². The molecule has 1 N–H and O–H groups in total. The van der Waals surface area contributed by atoms with Crippen molar-refractivity contribution in [3.8, 4) is 11.5 Å². The van der Waals surface area contributed by atoms with E-state index in [1.54, 1.807) is 0 Å². The van der Waals surface area contributed by atoms with Crippen LogP contribution in [-0.2, 0) is 6.54 Å². The Morgan fingerprint density at radius 2 is 1.32 bits per heavy atom. The average molecular weight is 424 g/mol. The molecule has 2 aromatic carbocycles. The molecule has 3 heteroatoms. The van der Waals surface area contributed by atoms with Crippen molar-refractivity contribution in [1.82, 2.24) is 5.32 Å². The molecule has 1 aliphatic carbocycles. The summed E-state index contributed by atoms with van der Waals surface area (Å²) in [6.07, 6.45) is 8.52. The lowest BCUT2D eigenvalue weighted by Crippen LogP contribution is -2.22. The topological polar surface area (TPSA) is 30.5 Å². The second-order valence-electron chi connectivity index (χ2n) is 9.52. The highest BCUT2D eigenvalue weighted by Crippen LogP contribution is 2.38. The zero-order valence-corrected chi connectivity index (χ0v) is 19.9. The molecule has 1 saturated carbocycles. The predicted molar refractivity (Wildman–Crippen MR) is 130 cm³/mol. The van der Waals surface area contributed by atoms with Crippen LogP contribution in [0.4, 0.5) is 0 Å². The lowest BCUT2D eigenvalue weighted by atomic mass is 9.75. The van der Waals surface area contributed by atoms with Gasteiger partial charge in [-0.15, -0.1) is 0 Å². The number of ether oxygens (including phenoxy) is 2. The summed E-state index contributed by atoms with van der Waals surface area (Å²) in [4.78, 5) is 0. The van der Waals surface area contributed by atoms with Crippen molar-refractivity contribution >= 4 is 0 Å². The zero-order valence-electron chi connectivity index (χ0n) is 19.9. The number of benzene rings is 2. The summed E-state index contributed by atoms with van der Waals surface area (Å²) in [7, 11) is 0. The molecule has 0 aliphatic heterocycles. The third-order valence-corrected chi connectivity index (χ3v) is 6.16. The maximum atomic E-state index is 5.85. The van der Waals surface area contributed by atoms with Gasteiger partial charge in [0, 0.05) is 6.54 Å². The largest absolute Gasteiger partial charge is 0.491 e. The Morgan fingerprint density at radius 3 is 1.87 bits per heavy atom. The van der Waals surface area contributed by atoms with Crippen molar-refractivity contribution in [2.75, 3.05) is 6.54 Å². The molecule has 2 aromatic rings. The molecule has 0 radical (unpaired) electrons. The van der Waals surface area contributed by atoms with E-state index in [0.29, 0.717) is 5.92 Å². The summed E-state index contributed by atoms with van der Waals surface area (Å²) >= 11 is 0. The SMILES string of the molecule is CC(C)Oc1ccc(CNCCC(c2ccc(OC(C)C)cc2)C2CCCCC2)cc1. The van der Waals surface area contributed by atoms with E-state index in [1.807, 2.05) is 0 Å². The second-order valence-corrected chi connectivity index (χ2v) is 9.52. The van der Waals surface area contributed by atoms with Crippen LogP contribution in [0.1, 0.15) is 83.3 Å². The van der Waals surface area contributed by atoms with Crippen molar-refractivity contribution in [3.05, 3.63) is 59.7 Å². The number of hydrogen-bond acceptors (Lipinski definition) is 3. The van der Waals surface area contributed by atoms with Gasteiger partial charge in [-0.3, -0.25) is 0 Å². The molecule has 1 aliphatic rings. The van der Waals surface area contributed by atoms with E-state index < -0.39 is 0 Å². The van der Waals surface area contributed by atoms with Crippen molar-refractivity contribution in [3.63, 3.8) is 0 Å². The molecule has 0 amide bonds. The van der Waals surface area contributed by atoms with Gasteiger partial charge in [0.05, 0.1) is 12.2 Å². The molecule has 31 heavy (non-hydrogen) atoms. The van der Waals surface area contributed by atoms with Crippen molar-refractivity contribution < 1.29 is 9.47 Å². The maximum absolute atomic E-state index is 5.85. The molecular weight excluding hydrogens is 382 g/mol. The van der Waals surface area contributed by atoms with Crippen molar-refractivity contribution in [2.45, 2.75) is 90.9 Å². The van der Waals surface area contributed by atoms with E-state index >= 15 is 0 Å². The van der Waals surface area contributed by atoms with E-state index in [9.17, 15) is 0 Å². The Kier molecular flexibility index (Phi) is 9.27. The van der Waals surface area contributed by atoms with Gasteiger partial charge in [0.1, 0.15) is 11.5 Å². The standard InChI is InChI=1S/C28H41NO2/c1-21(2)30-26-14-10-23(11-15-26)20-29-19-18-28(24-8-6-5-7-9-24)25-12-16-27(17-13-25)31-22(3)4/h10-17,21-22,24,28-29H,5-9,18-20H2,1-4H3. The van der Waals surface area contributed by atoms with Gasteiger partial charge in [-0.05, 0) is 101 Å². The number of hydrogen-bond donors (Lipinski definition) is 1. The van der Waals surface area contributed by atoms with E-state index in [0.717, 1.165) is 30.5 Å². The fourth-order valence-corrected chi connectivity index (χ4v) is 4.73. The van der Waals surface area contributed by atoms with Crippen LogP contribution in [-0.4, -0.2) is 18.8 Å². The van der Waals surface area contributed by atoms with Gasteiger partial charge < -0.3 is 14.8 Å². The monoisotopic (exact) mass is 423 g/mol. The van der Waals surface area contributed by atoms with Gasteiger partial charge in [-0.2, -0.15) is 0 Å². The highest BCUT2D eigenvalue weighted by Gasteiger charge is 2.24. The van der Waals surface area contributed by atoms with E-state index in [4.69, 9.17) is 9.47 Å². The molecule has 3 nitrogen and oxygen atoms in total. The minimum Gasteiger partial charge on any atom is -0.491 e. The fraction of sp³-hybridized carbons (Fsp3) is 0.571. The van der Waals surface area contributed by atoms with Crippen LogP contribution in [0, 0.1) is 5.92 Å². The van der Waals surface area contributed by atoms with Gasteiger partial charge >= 0.3 is 0 Å². The van der Waals surface area contributed by atoms with Gasteiger partial charge in [0.25, 0.3) is 0 Å². The third kappa shape index (κ3) is 7.88. The highest BCUT2D eigenvalue weighted by atomic mass is 16.5. The van der Waals surface area contributed by atoms with Crippen LogP contribution < -0.4 is 14.8 Å². The Labute approximate surface area is 189 Å². The Bertz CT molecular complexity index is 746.